The summed E-state index contributed by atoms with van der Waals surface area (Å²) in [6.07, 6.45) is 2.34. The predicted molar refractivity (Wildman–Crippen MR) is 133 cm³/mol. The Morgan fingerprint density at radius 1 is 0.882 bits per heavy atom. The van der Waals surface area contributed by atoms with Gasteiger partial charge in [-0.25, -0.2) is 9.69 Å². The molecule has 170 valence electrons. The number of rotatable bonds is 4. The quantitative estimate of drug-likeness (QED) is 0.401. The van der Waals surface area contributed by atoms with E-state index < -0.39 is 17.8 Å². The molecule has 2 heterocycles. The molecule has 0 atom stereocenters. The highest BCUT2D eigenvalue weighted by molar-refractivity contribution is 6.42. The van der Waals surface area contributed by atoms with Gasteiger partial charge in [0.15, 0.2) is 0 Å². The summed E-state index contributed by atoms with van der Waals surface area (Å²) < 4.78 is 0. The highest BCUT2D eigenvalue weighted by Gasteiger charge is 2.37. The van der Waals surface area contributed by atoms with Gasteiger partial charge in [-0.1, -0.05) is 59.6 Å². The number of imide groups is 2. The van der Waals surface area contributed by atoms with Gasteiger partial charge < -0.3 is 4.90 Å². The van der Waals surface area contributed by atoms with E-state index in [0.29, 0.717) is 12.1 Å². The minimum atomic E-state index is -0.829. The molecule has 8 heteroatoms. The third-order valence-corrected chi connectivity index (χ3v) is 6.61. The molecule has 2 aliphatic rings. The summed E-state index contributed by atoms with van der Waals surface area (Å²) >= 11 is 12.5. The van der Waals surface area contributed by atoms with Gasteiger partial charge in [-0.05, 0) is 59.5 Å². The molecule has 2 aliphatic heterocycles. The van der Waals surface area contributed by atoms with E-state index in [-0.39, 0.29) is 16.3 Å². The third kappa shape index (κ3) is 4.06. The Kier molecular flexibility index (Phi) is 5.86. The fraction of sp³-hybridized carbons (Fsp3) is 0.115. The van der Waals surface area contributed by atoms with Gasteiger partial charge in [0.2, 0.25) is 0 Å². The minimum absolute atomic E-state index is 0.134. The summed E-state index contributed by atoms with van der Waals surface area (Å²) in [6.45, 7) is 1.54. The molecule has 0 radical (unpaired) electrons. The van der Waals surface area contributed by atoms with Crippen LogP contribution in [-0.2, 0) is 22.6 Å². The Balaban J connectivity index is 1.43. The molecule has 34 heavy (non-hydrogen) atoms. The molecule has 5 rings (SSSR count). The van der Waals surface area contributed by atoms with E-state index in [0.717, 1.165) is 39.7 Å². The van der Waals surface area contributed by atoms with E-state index in [1.165, 1.54) is 6.08 Å². The molecule has 0 aliphatic carbocycles. The first-order chi connectivity index (χ1) is 16.4. The number of amides is 4. The Labute approximate surface area is 206 Å². The number of barbiturate groups is 1. The topological polar surface area (TPSA) is 69.7 Å². The normalized spacial score (nSPS) is 16.8. The van der Waals surface area contributed by atoms with Crippen molar-refractivity contribution in [2.24, 2.45) is 0 Å². The first-order valence-corrected chi connectivity index (χ1v) is 11.5. The molecule has 1 N–H and O–H groups in total. The van der Waals surface area contributed by atoms with E-state index in [1.807, 2.05) is 42.5 Å². The minimum Gasteiger partial charge on any atom is -0.367 e. The largest absolute Gasteiger partial charge is 0.367 e. The number of hydrogen-bond acceptors (Lipinski definition) is 4. The summed E-state index contributed by atoms with van der Waals surface area (Å²) in [5.74, 6) is -1.46. The van der Waals surface area contributed by atoms with Crippen molar-refractivity contribution in [3.05, 3.63) is 99.0 Å². The van der Waals surface area contributed by atoms with Gasteiger partial charge in [-0.3, -0.25) is 14.9 Å². The zero-order valence-electron chi connectivity index (χ0n) is 17.9. The predicted octanol–water partition coefficient (Wildman–Crippen LogP) is 5.22. The fourth-order valence-electron chi connectivity index (χ4n) is 4.25. The number of carbonyl (C=O) groups excluding carboxylic acids is 3. The van der Waals surface area contributed by atoms with Gasteiger partial charge in [0.1, 0.15) is 5.57 Å². The van der Waals surface area contributed by atoms with E-state index in [9.17, 15) is 14.4 Å². The Morgan fingerprint density at radius 3 is 2.38 bits per heavy atom. The molecule has 3 aromatic carbocycles. The van der Waals surface area contributed by atoms with Crippen LogP contribution < -0.4 is 15.1 Å². The lowest BCUT2D eigenvalue weighted by Gasteiger charge is -2.27. The highest BCUT2D eigenvalue weighted by Crippen LogP contribution is 2.33. The van der Waals surface area contributed by atoms with Crippen molar-refractivity contribution in [1.82, 2.24) is 5.32 Å². The second kappa shape index (κ2) is 8.97. The van der Waals surface area contributed by atoms with E-state index in [1.54, 1.807) is 24.3 Å². The molecule has 0 saturated carbocycles. The maximum atomic E-state index is 13.1. The van der Waals surface area contributed by atoms with Crippen LogP contribution in [0.5, 0.6) is 0 Å². The number of nitrogens with zero attached hydrogens (tertiary/aromatic N) is 2. The zero-order valence-corrected chi connectivity index (χ0v) is 19.4. The SMILES string of the molecule is O=C1NC(=O)N(c2ccccc2Cl)C(=O)C1=Cc1ccc2c(c1)CCN2Cc1ccccc1Cl. The number of carbonyl (C=O) groups is 3. The van der Waals surface area contributed by atoms with E-state index in [4.69, 9.17) is 23.2 Å². The number of hydrogen-bond donors (Lipinski definition) is 1. The molecule has 0 spiro atoms. The molecular weight excluding hydrogens is 473 g/mol. The number of fused-ring (bicyclic) bond motifs is 1. The molecule has 0 bridgehead atoms. The third-order valence-electron chi connectivity index (χ3n) is 5.92. The number of para-hydroxylation sites is 1. The van der Waals surface area contributed by atoms with Crippen LogP contribution in [0.2, 0.25) is 10.0 Å². The zero-order chi connectivity index (χ0) is 23.8. The van der Waals surface area contributed by atoms with Crippen molar-refractivity contribution in [3.63, 3.8) is 0 Å². The van der Waals surface area contributed by atoms with Crippen LogP contribution in [0.3, 0.4) is 0 Å². The molecule has 6 nitrogen and oxygen atoms in total. The second-order valence-electron chi connectivity index (χ2n) is 8.06. The fourth-order valence-corrected chi connectivity index (χ4v) is 4.67. The Bertz CT molecular complexity index is 1370. The lowest BCUT2D eigenvalue weighted by atomic mass is 10.0. The average Bonchev–Trinajstić information content (AvgIpc) is 3.21. The highest BCUT2D eigenvalue weighted by atomic mass is 35.5. The van der Waals surface area contributed by atoms with E-state index >= 15 is 0 Å². The number of nitrogens with one attached hydrogen (secondary N) is 1. The van der Waals surface area contributed by atoms with Crippen LogP contribution in [0.4, 0.5) is 16.2 Å². The van der Waals surface area contributed by atoms with Crippen LogP contribution in [0.1, 0.15) is 16.7 Å². The Morgan fingerprint density at radius 2 is 1.62 bits per heavy atom. The first kappa shape index (κ1) is 22.2. The summed E-state index contributed by atoms with van der Waals surface area (Å²) in [7, 11) is 0. The van der Waals surface area contributed by atoms with Crippen LogP contribution in [0, 0.1) is 0 Å². The number of halogens is 2. The van der Waals surface area contributed by atoms with Crippen LogP contribution in [0.15, 0.2) is 72.3 Å². The smallest absolute Gasteiger partial charge is 0.335 e. The van der Waals surface area contributed by atoms with Crippen LogP contribution in [-0.4, -0.2) is 24.4 Å². The van der Waals surface area contributed by atoms with Crippen molar-refractivity contribution in [3.8, 4) is 0 Å². The van der Waals surface area contributed by atoms with E-state index in [2.05, 4.69) is 10.2 Å². The number of anilines is 2. The van der Waals surface area contributed by atoms with Crippen molar-refractivity contribution in [2.75, 3.05) is 16.3 Å². The summed E-state index contributed by atoms with van der Waals surface area (Å²) in [4.78, 5) is 41.2. The van der Waals surface area contributed by atoms with Gasteiger partial charge in [-0.2, -0.15) is 0 Å². The van der Waals surface area contributed by atoms with Crippen LogP contribution >= 0.6 is 23.2 Å². The standard InChI is InChI=1S/C26H19Cl2N3O3/c27-20-6-2-1-5-18(20)15-30-12-11-17-13-16(9-10-22(17)30)14-19-24(32)29-26(34)31(25(19)33)23-8-4-3-7-21(23)28/h1-10,13-14H,11-12,15H2,(H,29,32,34). The summed E-state index contributed by atoms with van der Waals surface area (Å²) in [5.41, 5.74) is 4.04. The van der Waals surface area contributed by atoms with Crippen molar-refractivity contribution in [1.29, 1.82) is 0 Å². The monoisotopic (exact) mass is 491 g/mol. The molecule has 4 amide bonds. The van der Waals surface area contributed by atoms with Crippen molar-refractivity contribution in [2.45, 2.75) is 13.0 Å². The molecule has 0 unspecified atom stereocenters. The molecule has 1 fully saturated rings. The molecule has 1 saturated heterocycles. The van der Waals surface area contributed by atoms with Gasteiger partial charge in [-0.15, -0.1) is 0 Å². The Hall–Kier alpha value is -3.61. The summed E-state index contributed by atoms with van der Waals surface area (Å²) in [5, 5.41) is 3.19. The molecule has 3 aromatic rings. The summed E-state index contributed by atoms with van der Waals surface area (Å²) in [6, 6.07) is 19.2. The van der Waals surface area contributed by atoms with Gasteiger partial charge in [0.05, 0.1) is 10.7 Å². The number of benzene rings is 3. The molecular formula is C26H19Cl2N3O3. The maximum Gasteiger partial charge on any atom is 0.335 e. The lowest BCUT2D eigenvalue weighted by Crippen LogP contribution is -2.54. The van der Waals surface area contributed by atoms with Gasteiger partial charge >= 0.3 is 6.03 Å². The van der Waals surface area contributed by atoms with Crippen molar-refractivity contribution >= 4 is 58.5 Å². The van der Waals surface area contributed by atoms with Crippen molar-refractivity contribution < 1.29 is 14.4 Å². The maximum absolute atomic E-state index is 13.1. The molecule has 0 aromatic heterocycles. The van der Waals surface area contributed by atoms with Gasteiger partial charge in [0.25, 0.3) is 11.8 Å². The van der Waals surface area contributed by atoms with Gasteiger partial charge in [0, 0.05) is 23.8 Å². The second-order valence-corrected chi connectivity index (χ2v) is 8.87. The first-order valence-electron chi connectivity index (χ1n) is 10.7. The average molecular weight is 492 g/mol. The lowest BCUT2D eigenvalue weighted by molar-refractivity contribution is -0.122. The number of urea groups is 1. The van der Waals surface area contributed by atoms with Crippen LogP contribution in [0.25, 0.3) is 6.08 Å².